The second-order valence-corrected chi connectivity index (χ2v) is 4.07. The van der Waals surface area contributed by atoms with E-state index in [1.54, 1.807) is 0 Å². The van der Waals surface area contributed by atoms with Gasteiger partial charge in [0.2, 0.25) is 11.8 Å². The minimum Gasteiger partial charge on any atom is -0.277 e. The Bertz CT molecular complexity index is 364. The van der Waals surface area contributed by atoms with Crippen LogP contribution in [0.25, 0.3) is 0 Å². The Morgan fingerprint density at radius 2 is 1.80 bits per heavy atom. The first-order valence-corrected chi connectivity index (χ1v) is 4.87. The summed E-state index contributed by atoms with van der Waals surface area (Å²) in [5, 5.41) is 4.29. The molecule has 15 heavy (non-hydrogen) atoms. The monoisotopic (exact) mass is 208 g/mol. The van der Waals surface area contributed by atoms with Gasteiger partial charge in [-0.3, -0.25) is 20.2 Å². The summed E-state index contributed by atoms with van der Waals surface area (Å²) in [5.41, 5.74) is 0.117. The zero-order valence-corrected chi connectivity index (χ0v) is 8.42. The van der Waals surface area contributed by atoms with Crippen LogP contribution < -0.4 is 10.6 Å². The molecule has 0 aromatic rings. The Labute approximate surface area is 86.9 Å². The third kappa shape index (κ3) is 1.44. The van der Waals surface area contributed by atoms with Crippen LogP contribution in [0.2, 0.25) is 0 Å². The number of carbonyl (C=O) groups excluding carboxylic acids is 3. The minimum atomic E-state index is -1.06. The van der Waals surface area contributed by atoms with E-state index in [4.69, 9.17) is 0 Å². The third-order valence-corrected chi connectivity index (χ3v) is 3.07. The zero-order valence-electron chi connectivity index (χ0n) is 8.42. The molecule has 2 aliphatic rings. The first-order chi connectivity index (χ1) is 7.04. The number of hydrogen-bond donors (Lipinski definition) is 2. The van der Waals surface area contributed by atoms with Crippen molar-refractivity contribution in [1.82, 2.24) is 10.6 Å². The van der Waals surface area contributed by atoms with Crippen LogP contribution >= 0.6 is 0 Å². The summed E-state index contributed by atoms with van der Waals surface area (Å²) < 4.78 is 0. The molecule has 1 aliphatic heterocycles. The summed E-state index contributed by atoms with van der Waals surface area (Å²) >= 11 is 0. The predicted octanol–water partition coefficient (Wildman–Crippen LogP) is 0.469. The predicted molar refractivity (Wildman–Crippen MR) is 51.7 cm³/mol. The van der Waals surface area contributed by atoms with Crippen molar-refractivity contribution in [3.63, 3.8) is 0 Å². The second kappa shape index (κ2) is 3.18. The maximum Gasteiger partial charge on any atom is 0.328 e. The molecule has 2 rings (SSSR count). The summed E-state index contributed by atoms with van der Waals surface area (Å²) in [5.74, 6) is -0.944. The fourth-order valence-corrected chi connectivity index (χ4v) is 1.96. The van der Waals surface area contributed by atoms with E-state index in [1.807, 2.05) is 13.0 Å². The lowest BCUT2D eigenvalue weighted by Crippen LogP contribution is -2.62. The molecule has 1 saturated heterocycles. The lowest BCUT2D eigenvalue weighted by Gasteiger charge is -2.35. The van der Waals surface area contributed by atoms with Crippen molar-refractivity contribution in [1.29, 1.82) is 0 Å². The van der Waals surface area contributed by atoms with Gasteiger partial charge in [0, 0.05) is 0 Å². The molecule has 0 aromatic carbocycles. The minimum absolute atomic E-state index is 0.379. The van der Waals surface area contributed by atoms with Gasteiger partial charge in [-0.15, -0.1) is 0 Å². The van der Waals surface area contributed by atoms with Gasteiger partial charge in [0.1, 0.15) is 5.41 Å². The normalized spacial score (nSPS) is 24.6. The van der Waals surface area contributed by atoms with Crippen molar-refractivity contribution in [2.24, 2.45) is 5.41 Å². The van der Waals surface area contributed by atoms with Crippen LogP contribution in [0.1, 0.15) is 26.2 Å². The Kier molecular flexibility index (Phi) is 2.10. The molecule has 4 amide bonds. The summed E-state index contributed by atoms with van der Waals surface area (Å²) in [6.07, 6.45) is 3.46. The number of carbonyl (C=O) groups is 3. The number of amides is 4. The number of nitrogens with one attached hydrogen (secondary N) is 2. The molecular formula is C10H12N2O3. The summed E-state index contributed by atoms with van der Waals surface area (Å²) in [4.78, 5) is 34.2. The van der Waals surface area contributed by atoms with Gasteiger partial charge in [-0.2, -0.15) is 0 Å². The number of hydrogen-bond acceptors (Lipinski definition) is 3. The van der Waals surface area contributed by atoms with E-state index in [0.717, 1.165) is 6.42 Å². The quantitative estimate of drug-likeness (QED) is 0.449. The SMILES string of the molecule is CC1=CCC2(CC1)C(=O)NC(=O)NC2=O. The van der Waals surface area contributed by atoms with Crippen molar-refractivity contribution in [2.45, 2.75) is 26.2 Å². The molecule has 0 aromatic heterocycles. The molecule has 0 radical (unpaired) electrons. The van der Waals surface area contributed by atoms with E-state index >= 15 is 0 Å². The molecule has 1 heterocycles. The van der Waals surface area contributed by atoms with Crippen LogP contribution in [-0.2, 0) is 9.59 Å². The number of allylic oxidation sites excluding steroid dienone is 2. The van der Waals surface area contributed by atoms with Crippen LogP contribution in [0.15, 0.2) is 11.6 Å². The fourth-order valence-electron chi connectivity index (χ4n) is 1.96. The molecular weight excluding hydrogens is 196 g/mol. The molecule has 80 valence electrons. The maximum absolute atomic E-state index is 11.7. The molecule has 1 aliphatic carbocycles. The third-order valence-electron chi connectivity index (χ3n) is 3.07. The molecule has 1 fully saturated rings. The van der Waals surface area contributed by atoms with Gasteiger partial charge >= 0.3 is 6.03 Å². The van der Waals surface area contributed by atoms with Gasteiger partial charge in [0.25, 0.3) is 0 Å². The molecule has 2 N–H and O–H groups in total. The van der Waals surface area contributed by atoms with E-state index in [1.165, 1.54) is 5.57 Å². The Balaban J connectivity index is 2.31. The molecule has 1 spiro atoms. The van der Waals surface area contributed by atoms with Crippen molar-refractivity contribution in [3.05, 3.63) is 11.6 Å². The number of urea groups is 1. The van der Waals surface area contributed by atoms with Gasteiger partial charge < -0.3 is 0 Å². The number of barbiturate groups is 1. The summed E-state index contributed by atoms with van der Waals surface area (Å²) in [7, 11) is 0. The number of imide groups is 2. The molecule has 0 saturated carbocycles. The second-order valence-electron chi connectivity index (χ2n) is 4.07. The molecule has 0 atom stereocenters. The Hall–Kier alpha value is -1.65. The first-order valence-electron chi connectivity index (χ1n) is 4.87. The van der Waals surface area contributed by atoms with Crippen LogP contribution in [-0.4, -0.2) is 17.8 Å². The highest BCUT2D eigenvalue weighted by atomic mass is 16.2. The first kappa shape index (κ1) is 9.89. The van der Waals surface area contributed by atoms with Gasteiger partial charge in [-0.05, 0) is 26.2 Å². The van der Waals surface area contributed by atoms with Crippen molar-refractivity contribution < 1.29 is 14.4 Å². The molecule has 5 heteroatoms. The average molecular weight is 208 g/mol. The van der Waals surface area contributed by atoms with Crippen LogP contribution in [0.5, 0.6) is 0 Å². The van der Waals surface area contributed by atoms with E-state index < -0.39 is 23.3 Å². The van der Waals surface area contributed by atoms with Crippen LogP contribution in [0.3, 0.4) is 0 Å². The van der Waals surface area contributed by atoms with E-state index in [2.05, 4.69) is 10.6 Å². The highest BCUT2D eigenvalue weighted by Crippen LogP contribution is 2.36. The highest BCUT2D eigenvalue weighted by Gasteiger charge is 2.49. The molecule has 5 nitrogen and oxygen atoms in total. The van der Waals surface area contributed by atoms with E-state index in [0.29, 0.717) is 12.8 Å². The van der Waals surface area contributed by atoms with Crippen LogP contribution in [0, 0.1) is 5.41 Å². The van der Waals surface area contributed by atoms with Gasteiger partial charge in [-0.25, -0.2) is 4.79 Å². The lowest BCUT2D eigenvalue weighted by molar-refractivity contribution is -0.144. The summed E-state index contributed by atoms with van der Waals surface area (Å²) in [6.45, 7) is 1.97. The Morgan fingerprint density at radius 1 is 1.20 bits per heavy atom. The molecule has 0 bridgehead atoms. The topological polar surface area (TPSA) is 75.3 Å². The summed E-state index contributed by atoms with van der Waals surface area (Å²) in [6, 6.07) is -0.720. The Morgan fingerprint density at radius 3 is 2.27 bits per heavy atom. The maximum atomic E-state index is 11.7. The van der Waals surface area contributed by atoms with Crippen molar-refractivity contribution >= 4 is 17.8 Å². The standard InChI is InChI=1S/C10H12N2O3/c1-6-2-4-10(5-3-6)7(13)11-9(15)12-8(10)14/h2H,3-5H2,1H3,(H2,11,12,13,14,15). The largest absolute Gasteiger partial charge is 0.328 e. The van der Waals surface area contributed by atoms with Crippen molar-refractivity contribution in [3.8, 4) is 0 Å². The van der Waals surface area contributed by atoms with Crippen LogP contribution in [0.4, 0.5) is 4.79 Å². The number of rotatable bonds is 0. The highest BCUT2D eigenvalue weighted by molar-refractivity contribution is 6.19. The molecule has 0 unspecified atom stereocenters. The average Bonchev–Trinajstić information content (AvgIpc) is 2.16. The van der Waals surface area contributed by atoms with E-state index in [9.17, 15) is 14.4 Å². The zero-order chi connectivity index (χ0) is 11.1. The lowest BCUT2D eigenvalue weighted by atomic mass is 9.73. The fraction of sp³-hybridized carbons (Fsp3) is 0.500. The van der Waals surface area contributed by atoms with Gasteiger partial charge in [-0.1, -0.05) is 11.6 Å². The van der Waals surface area contributed by atoms with E-state index in [-0.39, 0.29) is 0 Å². The smallest absolute Gasteiger partial charge is 0.277 e. The van der Waals surface area contributed by atoms with Gasteiger partial charge in [0.15, 0.2) is 0 Å². The van der Waals surface area contributed by atoms with Crippen molar-refractivity contribution in [2.75, 3.05) is 0 Å². The van der Waals surface area contributed by atoms with Gasteiger partial charge in [0.05, 0.1) is 0 Å².